The van der Waals surface area contributed by atoms with E-state index in [0.29, 0.717) is 5.88 Å². The van der Waals surface area contributed by atoms with Gasteiger partial charge in [-0.3, -0.25) is 0 Å². The number of thiophene rings is 1. The van der Waals surface area contributed by atoms with Gasteiger partial charge in [0, 0.05) is 17.4 Å². The van der Waals surface area contributed by atoms with Gasteiger partial charge < -0.3 is 4.74 Å². The van der Waals surface area contributed by atoms with E-state index >= 15 is 0 Å². The lowest BCUT2D eigenvalue weighted by Gasteiger charge is -2.12. The van der Waals surface area contributed by atoms with Crippen LogP contribution in [0.2, 0.25) is 0 Å². The lowest BCUT2D eigenvalue weighted by molar-refractivity contribution is 0.463. The Kier molecular flexibility index (Phi) is 4.99. The van der Waals surface area contributed by atoms with Crippen molar-refractivity contribution in [1.82, 2.24) is 9.97 Å². The van der Waals surface area contributed by atoms with Crippen molar-refractivity contribution < 1.29 is 4.74 Å². The van der Waals surface area contributed by atoms with Crippen LogP contribution < -0.4 is 4.74 Å². The maximum atomic E-state index is 6.39. The maximum Gasteiger partial charge on any atom is 0.231 e. The zero-order valence-corrected chi connectivity index (χ0v) is 17.4. The first-order valence-corrected chi connectivity index (χ1v) is 10.7. The molecule has 0 aliphatic rings. The molecule has 0 aliphatic carbocycles. The summed E-state index contributed by atoms with van der Waals surface area (Å²) in [6.45, 7) is 2.09. The van der Waals surface area contributed by atoms with Crippen molar-refractivity contribution in [2.45, 2.75) is 13.3 Å². The fourth-order valence-electron chi connectivity index (χ4n) is 3.54. The number of ether oxygens (including phenoxy) is 1. The summed E-state index contributed by atoms with van der Waals surface area (Å²) in [4.78, 5) is 9.89. The number of hydrogen-bond acceptors (Lipinski definition) is 4. The Labute approximate surface area is 179 Å². The number of aromatic nitrogens is 2. The van der Waals surface area contributed by atoms with Gasteiger partial charge in [-0.15, -0.1) is 11.3 Å². The molecule has 3 aromatic carbocycles. The van der Waals surface area contributed by atoms with E-state index in [1.165, 1.54) is 11.1 Å². The number of benzene rings is 3. The predicted octanol–water partition coefficient (Wildman–Crippen LogP) is 7.05. The molecule has 3 nitrogen and oxygen atoms in total. The molecule has 146 valence electrons. The first kappa shape index (κ1) is 18.5. The third kappa shape index (κ3) is 3.70. The third-order valence-corrected chi connectivity index (χ3v) is 6.00. The van der Waals surface area contributed by atoms with Crippen molar-refractivity contribution in [1.29, 1.82) is 0 Å². The normalized spacial score (nSPS) is 11.0. The van der Waals surface area contributed by atoms with Gasteiger partial charge >= 0.3 is 0 Å². The molecule has 0 bridgehead atoms. The quantitative estimate of drug-likeness (QED) is 0.312. The van der Waals surface area contributed by atoms with Gasteiger partial charge in [0.15, 0.2) is 0 Å². The Balaban J connectivity index is 1.55. The molecular formula is C26H20N2OS. The monoisotopic (exact) mass is 408 g/mol. The molecular weight excluding hydrogens is 388 g/mol. The van der Waals surface area contributed by atoms with E-state index in [-0.39, 0.29) is 0 Å². The van der Waals surface area contributed by atoms with Crippen LogP contribution in [0.15, 0.2) is 90.6 Å². The number of hydrogen-bond donors (Lipinski definition) is 0. The zero-order chi connectivity index (χ0) is 20.3. The number of para-hydroxylation sites is 1. The Morgan fingerprint density at radius 1 is 0.833 bits per heavy atom. The van der Waals surface area contributed by atoms with Gasteiger partial charge in [-0.05, 0) is 29.7 Å². The average Bonchev–Trinajstić information content (AvgIpc) is 3.22. The molecule has 0 amide bonds. The van der Waals surface area contributed by atoms with E-state index in [1.807, 2.05) is 24.3 Å². The van der Waals surface area contributed by atoms with Crippen LogP contribution >= 0.6 is 11.3 Å². The SMILES string of the molecule is Cc1ccc(-c2csc3ncnc(Oc4ccccc4Cc4ccccc4)c23)cc1. The van der Waals surface area contributed by atoms with E-state index in [1.54, 1.807) is 17.7 Å². The minimum absolute atomic E-state index is 0.595. The van der Waals surface area contributed by atoms with E-state index in [4.69, 9.17) is 4.74 Å². The Morgan fingerprint density at radius 3 is 2.43 bits per heavy atom. The smallest absolute Gasteiger partial charge is 0.231 e. The fourth-order valence-corrected chi connectivity index (χ4v) is 4.45. The van der Waals surface area contributed by atoms with Crippen molar-refractivity contribution in [3.05, 3.63) is 107 Å². The molecule has 5 aromatic rings. The van der Waals surface area contributed by atoms with Gasteiger partial charge in [0.2, 0.25) is 5.88 Å². The molecule has 2 heterocycles. The molecule has 0 N–H and O–H groups in total. The Morgan fingerprint density at radius 2 is 1.60 bits per heavy atom. The Hall–Kier alpha value is -3.50. The third-order valence-electron chi connectivity index (χ3n) is 5.11. The van der Waals surface area contributed by atoms with Crippen LogP contribution in [0.25, 0.3) is 21.3 Å². The molecule has 0 atom stereocenters. The summed E-state index contributed by atoms with van der Waals surface area (Å²) >= 11 is 1.61. The second-order valence-corrected chi connectivity index (χ2v) is 8.10. The van der Waals surface area contributed by atoms with Gasteiger partial charge in [0.05, 0.1) is 5.39 Å². The van der Waals surface area contributed by atoms with Gasteiger partial charge in [-0.25, -0.2) is 9.97 Å². The van der Waals surface area contributed by atoms with E-state index < -0.39 is 0 Å². The highest BCUT2D eigenvalue weighted by Gasteiger charge is 2.16. The lowest BCUT2D eigenvalue weighted by atomic mass is 10.0. The molecule has 0 aliphatic heterocycles. The molecule has 0 fully saturated rings. The Bertz CT molecular complexity index is 1290. The van der Waals surface area contributed by atoms with Crippen LogP contribution in [0.3, 0.4) is 0 Å². The molecule has 0 unspecified atom stereocenters. The zero-order valence-electron chi connectivity index (χ0n) is 16.6. The molecule has 0 spiro atoms. The van der Waals surface area contributed by atoms with Crippen LogP contribution in [-0.2, 0) is 6.42 Å². The van der Waals surface area contributed by atoms with Crippen LogP contribution in [0.1, 0.15) is 16.7 Å². The van der Waals surface area contributed by atoms with Crippen molar-refractivity contribution in [3.63, 3.8) is 0 Å². The van der Waals surface area contributed by atoms with Crippen molar-refractivity contribution in [3.8, 4) is 22.8 Å². The largest absolute Gasteiger partial charge is 0.438 e. The summed E-state index contributed by atoms with van der Waals surface area (Å²) in [5, 5.41) is 3.09. The summed E-state index contributed by atoms with van der Waals surface area (Å²) in [5.41, 5.74) is 5.86. The summed E-state index contributed by atoms with van der Waals surface area (Å²) in [7, 11) is 0. The summed E-state index contributed by atoms with van der Waals surface area (Å²) < 4.78 is 6.39. The van der Waals surface area contributed by atoms with E-state index in [9.17, 15) is 0 Å². The second-order valence-electron chi connectivity index (χ2n) is 7.25. The highest BCUT2D eigenvalue weighted by molar-refractivity contribution is 7.17. The minimum Gasteiger partial charge on any atom is -0.438 e. The van der Waals surface area contributed by atoms with Gasteiger partial charge in [0.1, 0.15) is 16.9 Å². The van der Waals surface area contributed by atoms with Crippen molar-refractivity contribution >= 4 is 21.6 Å². The number of rotatable bonds is 5. The van der Waals surface area contributed by atoms with E-state index in [0.717, 1.165) is 39.1 Å². The molecule has 30 heavy (non-hydrogen) atoms. The van der Waals surface area contributed by atoms with Crippen LogP contribution in [-0.4, -0.2) is 9.97 Å². The maximum absolute atomic E-state index is 6.39. The molecule has 0 radical (unpaired) electrons. The van der Waals surface area contributed by atoms with Crippen molar-refractivity contribution in [2.75, 3.05) is 0 Å². The summed E-state index contributed by atoms with van der Waals surface area (Å²) in [6.07, 6.45) is 2.38. The van der Waals surface area contributed by atoms with Gasteiger partial charge in [-0.2, -0.15) is 0 Å². The number of nitrogens with zero attached hydrogens (tertiary/aromatic N) is 2. The average molecular weight is 409 g/mol. The summed E-state index contributed by atoms with van der Waals surface area (Å²) in [6, 6.07) is 27.1. The second kappa shape index (κ2) is 8.09. The predicted molar refractivity (Wildman–Crippen MR) is 123 cm³/mol. The van der Waals surface area contributed by atoms with Gasteiger partial charge in [0.25, 0.3) is 0 Å². The molecule has 4 heteroatoms. The lowest BCUT2D eigenvalue weighted by Crippen LogP contribution is -1.96. The molecule has 0 saturated heterocycles. The topological polar surface area (TPSA) is 35.0 Å². The van der Waals surface area contributed by atoms with Crippen LogP contribution in [0, 0.1) is 6.92 Å². The fraction of sp³-hybridized carbons (Fsp3) is 0.0769. The first-order chi connectivity index (χ1) is 14.8. The minimum atomic E-state index is 0.595. The van der Waals surface area contributed by atoms with E-state index in [2.05, 4.69) is 76.9 Å². The van der Waals surface area contributed by atoms with Crippen LogP contribution in [0.4, 0.5) is 0 Å². The first-order valence-electron chi connectivity index (χ1n) is 9.87. The summed E-state index contributed by atoms with van der Waals surface area (Å²) in [5.74, 6) is 1.42. The van der Waals surface area contributed by atoms with Gasteiger partial charge in [-0.1, -0.05) is 78.4 Å². The van der Waals surface area contributed by atoms with Crippen LogP contribution in [0.5, 0.6) is 11.6 Å². The number of aryl methyl sites for hydroxylation is 1. The number of fused-ring (bicyclic) bond motifs is 1. The molecule has 0 saturated carbocycles. The highest BCUT2D eigenvalue weighted by atomic mass is 32.1. The standard InChI is InChI=1S/C26H20N2OS/c1-18-11-13-20(14-12-18)22-16-30-26-24(22)25(27-17-28-26)29-23-10-6-5-9-21(23)15-19-7-3-2-4-8-19/h2-14,16-17H,15H2,1H3. The molecule has 5 rings (SSSR count). The molecule has 2 aromatic heterocycles. The van der Waals surface area contributed by atoms with Crippen molar-refractivity contribution in [2.24, 2.45) is 0 Å². The highest BCUT2D eigenvalue weighted by Crippen LogP contribution is 2.39.